The molecule has 8 heteroatoms. The predicted molar refractivity (Wildman–Crippen MR) is 62.7 cm³/mol. The van der Waals surface area contributed by atoms with Gasteiger partial charge in [0.05, 0.1) is 6.10 Å². The number of hydrogen-bond acceptors (Lipinski definition) is 5. The maximum atomic E-state index is 12.1. The van der Waals surface area contributed by atoms with E-state index in [1.165, 1.54) is 13.8 Å². The summed E-state index contributed by atoms with van der Waals surface area (Å²) in [6.07, 6.45) is -0.0981. The number of rotatable bonds is 3. The molecule has 0 aromatic heterocycles. The lowest BCUT2D eigenvalue weighted by Gasteiger charge is -2.30. The molecule has 0 aromatic carbocycles. The van der Waals surface area contributed by atoms with Gasteiger partial charge in [0.1, 0.15) is 10.8 Å². The zero-order valence-electron chi connectivity index (χ0n) is 10.5. The Morgan fingerprint density at radius 2 is 1.83 bits per heavy atom. The molecule has 1 unspecified atom stereocenters. The summed E-state index contributed by atoms with van der Waals surface area (Å²) in [4.78, 5) is 24.1. The molecule has 0 bridgehead atoms. The Bertz CT molecular complexity index is 469. The van der Waals surface area contributed by atoms with E-state index in [4.69, 9.17) is 5.11 Å². The summed E-state index contributed by atoms with van der Waals surface area (Å²) in [7, 11) is -3.67. The Balaban J connectivity index is 3.07. The highest BCUT2D eigenvalue weighted by atomic mass is 32.2. The number of carbonyl (C=O) groups is 2. The van der Waals surface area contributed by atoms with Crippen LogP contribution >= 0.6 is 0 Å². The van der Waals surface area contributed by atoms with Gasteiger partial charge in [0.25, 0.3) is 0 Å². The average molecular weight is 279 g/mol. The zero-order chi connectivity index (χ0) is 14.3. The standard InChI is InChI=1S/C10H17NO6S/c1-10(2,18(3,16)17)9(15)11-5-6(12)4-7(11)8(13)14/h6-7,12H,4-5H2,1-3H3,(H,13,14)/t6?,7-/m0/s1. The summed E-state index contributed by atoms with van der Waals surface area (Å²) in [5.74, 6) is -2.04. The highest BCUT2D eigenvalue weighted by molar-refractivity contribution is 7.92. The van der Waals surface area contributed by atoms with E-state index in [1.54, 1.807) is 0 Å². The van der Waals surface area contributed by atoms with E-state index < -0.39 is 38.6 Å². The van der Waals surface area contributed by atoms with Crippen molar-refractivity contribution in [2.45, 2.75) is 37.2 Å². The lowest BCUT2D eigenvalue weighted by Crippen LogP contribution is -2.53. The summed E-state index contributed by atoms with van der Waals surface area (Å²) in [5.41, 5.74) is 0. The molecule has 7 nitrogen and oxygen atoms in total. The van der Waals surface area contributed by atoms with Gasteiger partial charge in [-0.1, -0.05) is 0 Å². The van der Waals surface area contributed by atoms with Crippen LogP contribution in [0.3, 0.4) is 0 Å². The fourth-order valence-electron chi connectivity index (χ4n) is 1.78. The molecule has 104 valence electrons. The van der Waals surface area contributed by atoms with Crippen LogP contribution in [0.15, 0.2) is 0 Å². The van der Waals surface area contributed by atoms with Crippen LogP contribution in [0.5, 0.6) is 0 Å². The Labute approximate surface area is 105 Å². The van der Waals surface area contributed by atoms with Crippen molar-refractivity contribution in [3.63, 3.8) is 0 Å². The topological polar surface area (TPSA) is 112 Å². The van der Waals surface area contributed by atoms with E-state index in [2.05, 4.69) is 0 Å². The fourth-order valence-corrected chi connectivity index (χ4v) is 2.21. The minimum atomic E-state index is -3.67. The molecule has 18 heavy (non-hydrogen) atoms. The van der Waals surface area contributed by atoms with E-state index in [0.29, 0.717) is 0 Å². The van der Waals surface area contributed by atoms with E-state index in [-0.39, 0.29) is 13.0 Å². The van der Waals surface area contributed by atoms with Gasteiger partial charge < -0.3 is 15.1 Å². The maximum absolute atomic E-state index is 12.1. The number of carboxylic acids is 1. The molecule has 2 atom stereocenters. The van der Waals surface area contributed by atoms with E-state index >= 15 is 0 Å². The molecule has 0 aliphatic carbocycles. The van der Waals surface area contributed by atoms with Gasteiger partial charge in [-0.2, -0.15) is 0 Å². The molecule has 1 aliphatic heterocycles. The summed E-state index contributed by atoms with van der Waals surface area (Å²) in [6.45, 7) is 2.30. The summed E-state index contributed by atoms with van der Waals surface area (Å²) < 4.78 is 21.4. The number of β-amino-alcohol motifs (C(OH)–C–C–N with tert-alkyl or cyclic N) is 1. The van der Waals surface area contributed by atoms with Crippen LogP contribution in [0.25, 0.3) is 0 Å². The largest absolute Gasteiger partial charge is 0.480 e. The lowest BCUT2D eigenvalue weighted by atomic mass is 10.1. The third kappa shape index (κ3) is 2.49. The van der Waals surface area contributed by atoms with Gasteiger partial charge >= 0.3 is 5.97 Å². The van der Waals surface area contributed by atoms with Crippen LogP contribution in [0.4, 0.5) is 0 Å². The van der Waals surface area contributed by atoms with Gasteiger partial charge in [-0.3, -0.25) is 4.79 Å². The third-order valence-electron chi connectivity index (χ3n) is 3.27. The van der Waals surface area contributed by atoms with E-state index in [0.717, 1.165) is 11.2 Å². The highest BCUT2D eigenvalue weighted by Gasteiger charge is 2.48. The molecule has 1 amide bonds. The second-order valence-electron chi connectivity index (χ2n) is 4.98. The van der Waals surface area contributed by atoms with Crippen LogP contribution in [0, 0.1) is 0 Å². The first-order valence-electron chi connectivity index (χ1n) is 5.40. The van der Waals surface area contributed by atoms with Crippen molar-refractivity contribution >= 4 is 21.7 Å². The first-order chi connectivity index (χ1) is 7.98. The molecule has 1 fully saturated rings. The van der Waals surface area contributed by atoms with Gasteiger partial charge in [-0.05, 0) is 13.8 Å². The number of aliphatic carboxylic acids is 1. The van der Waals surface area contributed by atoms with E-state index in [9.17, 15) is 23.1 Å². The fraction of sp³-hybridized carbons (Fsp3) is 0.800. The van der Waals surface area contributed by atoms with Crippen molar-refractivity contribution in [3.8, 4) is 0 Å². The van der Waals surface area contributed by atoms with Crippen LogP contribution < -0.4 is 0 Å². The molecule has 1 heterocycles. The second-order valence-corrected chi connectivity index (χ2v) is 7.55. The summed E-state index contributed by atoms with van der Waals surface area (Å²) in [5, 5.41) is 18.4. The van der Waals surface area contributed by atoms with Gasteiger partial charge in [0.2, 0.25) is 5.91 Å². The number of aliphatic hydroxyl groups is 1. The number of carboxylic acid groups (broad SMARTS) is 1. The summed E-state index contributed by atoms with van der Waals surface area (Å²) >= 11 is 0. The van der Waals surface area contributed by atoms with Crippen molar-refractivity contribution in [3.05, 3.63) is 0 Å². The monoisotopic (exact) mass is 279 g/mol. The van der Waals surface area contributed by atoms with Crippen LogP contribution in [0.1, 0.15) is 20.3 Å². The number of likely N-dealkylation sites (tertiary alicyclic amines) is 1. The number of amides is 1. The SMILES string of the molecule is CC(C)(C(=O)N1CC(O)C[C@H]1C(=O)O)S(C)(=O)=O. The van der Waals surface area contributed by atoms with Crippen molar-refractivity contribution in [1.29, 1.82) is 0 Å². The molecule has 0 radical (unpaired) electrons. The van der Waals surface area contributed by atoms with Gasteiger partial charge in [0.15, 0.2) is 9.84 Å². The second kappa shape index (κ2) is 4.51. The van der Waals surface area contributed by atoms with Gasteiger partial charge in [-0.25, -0.2) is 13.2 Å². The highest BCUT2D eigenvalue weighted by Crippen LogP contribution is 2.25. The smallest absolute Gasteiger partial charge is 0.326 e. The number of aliphatic hydroxyl groups excluding tert-OH is 1. The minimum Gasteiger partial charge on any atom is -0.480 e. The van der Waals surface area contributed by atoms with Gasteiger partial charge in [0, 0.05) is 19.2 Å². The first kappa shape index (κ1) is 14.9. The Kier molecular flexibility index (Phi) is 3.73. The summed E-state index contributed by atoms with van der Waals surface area (Å²) in [6, 6.07) is -1.17. The maximum Gasteiger partial charge on any atom is 0.326 e. The van der Waals surface area contributed by atoms with Crippen molar-refractivity contribution < 1.29 is 28.2 Å². The number of nitrogens with zero attached hydrogens (tertiary/aromatic N) is 1. The number of sulfone groups is 1. The lowest BCUT2D eigenvalue weighted by molar-refractivity contribution is -0.148. The molecule has 2 N–H and O–H groups in total. The quantitative estimate of drug-likeness (QED) is 0.675. The average Bonchev–Trinajstić information content (AvgIpc) is 2.57. The van der Waals surface area contributed by atoms with Gasteiger partial charge in [-0.15, -0.1) is 0 Å². The first-order valence-corrected chi connectivity index (χ1v) is 7.29. The Morgan fingerprint density at radius 1 is 1.33 bits per heavy atom. The molecular weight excluding hydrogens is 262 g/mol. The van der Waals surface area contributed by atoms with Crippen molar-refractivity contribution in [2.75, 3.05) is 12.8 Å². The third-order valence-corrected chi connectivity index (χ3v) is 5.30. The predicted octanol–water partition coefficient (Wildman–Crippen LogP) is -1.14. The zero-order valence-corrected chi connectivity index (χ0v) is 11.3. The van der Waals surface area contributed by atoms with E-state index in [1.807, 2.05) is 0 Å². The normalized spacial score (nSPS) is 25.2. The molecule has 0 spiro atoms. The molecular formula is C10H17NO6S. The molecule has 0 aromatic rings. The van der Waals surface area contributed by atoms with Crippen LogP contribution in [0.2, 0.25) is 0 Å². The molecule has 1 saturated heterocycles. The molecule has 1 rings (SSSR count). The number of hydrogen-bond donors (Lipinski definition) is 2. The Hall–Kier alpha value is -1.15. The molecule has 0 saturated carbocycles. The van der Waals surface area contributed by atoms with Crippen LogP contribution in [-0.2, 0) is 19.4 Å². The number of carbonyl (C=O) groups excluding carboxylic acids is 1. The molecule has 1 aliphatic rings. The van der Waals surface area contributed by atoms with Crippen molar-refractivity contribution in [1.82, 2.24) is 4.90 Å². The van der Waals surface area contributed by atoms with Crippen LogP contribution in [-0.4, -0.2) is 65.1 Å². The van der Waals surface area contributed by atoms with Crippen molar-refractivity contribution in [2.24, 2.45) is 0 Å². The minimum absolute atomic E-state index is 0.0824. The Morgan fingerprint density at radius 3 is 2.22 bits per heavy atom.